The Kier molecular flexibility index (Phi) is 4.96. The number of urea groups is 1. The molecule has 1 atom stereocenters. The van der Waals surface area contributed by atoms with Crippen LogP contribution in [-0.4, -0.2) is 51.6 Å². The van der Waals surface area contributed by atoms with E-state index in [9.17, 15) is 14.7 Å². The summed E-state index contributed by atoms with van der Waals surface area (Å²) in [4.78, 5) is 38.2. The average Bonchev–Trinajstić information content (AvgIpc) is 3.10. The lowest BCUT2D eigenvalue weighted by atomic mass is 10.00. The average molecular weight is 395 g/mol. The van der Waals surface area contributed by atoms with Crippen LogP contribution in [-0.2, 0) is 0 Å². The van der Waals surface area contributed by atoms with E-state index in [-0.39, 0.29) is 24.3 Å². The van der Waals surface area contributed by atoms with Gasteiger partial charge in [0.05, 0.1) is 17.3 Å². The third-order valence-corrected chi connectivity index (χ3v) is 5.32. The number of Topliss-reactive ketones (excluding diaryl/α,β-unsaturated/α-hetero) is 1. The van der Waals surface area contributed by atoms with Crippen molar-refractivity contribution in [1.82, 2.24) is 9.97 Å². The lowest BCUT2D eigenvalue weighted by Crippen LogP contribution is -2.48. The van der Waals surface area contributed by atoms with Gasteiger partial charge in [0.15, 0.2) is 11.6 Å². The van der Waals surface area contributed by atoms with E-state index >= 15 is 0 Å². The predicted octanol–water partition coefficient (Wildman–Crippen LogP) is 2.84. The van der Waals surface area contributed by atoms with Crippen LogP contribution in [0, 0.1) is 0 Å². The number of ketones is 1. The molecule has 2 aromatic rings. The Morgan fingerprint density at radius 3 is 2.83 bits per heavy atom. The molecule has 29 heavy (non-hydrogen) atoms. The topological polar surface area (TPSA) is 98.7 Å². The van der Waals surface area contributed by atoms with Crippen molar-refractivity contribution in [3.05, 3.63) is 42.2 Å². The number of carbonyl (C=O) groups is 2. The van der Waals surface area contributed by atoms with Crippen LogP contribution in [0.2, 0.25) is 0 Å². The molecule has 2 aliphatic rings. The Bertz CT molecular complexity index is 926. The van der Waals surface area contributed by atoms with Crippen molar-refractivity contribution in [3.63, 3.8) is 0 Å². The molecular weight excluding hydrogens is 370 g/mol. The quantitative estimate of drug-likeness (QED) is 0.756. The zero-order valence-electron chi connectivity index (χ0n) is 16.6. The number of fused-ring (bicyclic) bond motifs is 4. The van der Waals surface area contributed by atoms with E-state index in [1.807, 2.05) is 12.1 Å². The summed E-state index contributed by atoms with van der Waals surface area (Å²) in [5, 5.41) is 12.7. The van der Waals surface area contributed by atoms with Crippen LogP contribution in [0.5, 0.6) is 0 Å². The van der Waals surface area contributed by atoms with Crippen LogP contribution < -0.4 is 15.1 Å². The summed E-state index contributed by atoms with van der Waals surface area (Å²) in [6.45, 7) is 4.94. The maximum Gasteiger partial charge on any atom is 0.329 e. The van der Waals surface area contributed by atoms with Gasteiger partial charge in [-0.25, -0.2) is 14.8 Å². The van der Waals surface area contributed by atoms with Crippen molar-refractivity contribution >= 4 is 29.1 Å². The minimum Gasteiger partial charge on any atom is -0.390 e. The first-order valence-corrected chi connectivity index (χ1v) is 9.85. The molecule has 0 aliphatic carbocycles. The lowest BCUT2D eigenvalue weighted by Gasteiger charge is -2.35. The van der Waals surface area contributed by atoms with Gasteiger partial charge in [0.1, 0.15) is 11.5 Å². The van der Waals surface area contributed by atoms with Gasteiger partial charge in [0.25, 0.3) is 0 Å². The summed E-state index contributed by atoms with van der Waals surface area (Å²) in [5.41, 5.74) is 0.253. The van der Waals surface area contributed by atoms with E-state index < -0.39 is 5.60 Å². The van der Waals surface area contributed by atoms with E-state index in [4.69, 9.17) is 0 Å². The number of aliphatic hydroxyl groups is 1. The highest BCUT2D eigenvalue weighted by molar-refractivity contribution is 6.05. The summed E-state index contributed by atoms with van der Waals surface area (Å²) in [6, 6.07) is 8.59. The number of aromatic nitrogens is 2. The van der Waals surface area contributed by atoms with E-state index in [1.54, 1.807) is 43.1 Å². The van der Waals surface area contributed by atoms with Crippen LogP contribution in [0.4, 0.5) is 22.1 Å². The van der Waals surface area contributed by atoms with Crippen molar-refractivity contribution in [2.75, 3.05) is 28.2 Å². The number of rotatable bonds is 5. The lowest BCUT2D eigenvalue weighted by molar-refractivity contribution is 0.0631. The molecule has 8 heteroatoms. The van der Waals surface area contributed by atoms with Gasteiger partial charge in [0, 0.05) is 25.7 Å². The maximum atomic E-state index is 13.1. The molecule has 4 heterocycles. The van der Waals surface area contributed by atoms with E-state index in [0.717, 1.165) is 25.2 Å². The SMILES string of the molecule is CC(C)(O)CCC(=O)c1ccc2c(n1)N(C(=O)Nc1ccccn1)[C@H]1CCN2C1. The van der Waals surface area contributed by atoms with Crippen molar-refractivity contribution < 1.29 is 14.7 Å². The van der Waals surface area contributed by atoms with Gasteiger partial charge in [-0.15, -0.1) is 0 Å². The monoisotopic (exact) mass is 395 g/mol. The standard InChI is InChI=1S/C21H25N5O3/c1-21(2,29)10-8-17(27)15-6-7-16-19(23-15)26(14-9-12-25(16)13-14)20(28)24-18-5-3-4-11-22-18/h3-7,11,14,29H,8-10,12-13H2,1-2H3,(H,22,24,28)/t14-/m0/s1. The largest absolute Gasteiger partial charge is 0.390 e. The van der Waals surface area contributed by atoms with Crippen LogP contribution in [0.25, 0.3) is 0 Å². The summed E-state index contributed by atoms with van der Waals surface area (Å²) < 4.78 is 0. The molecule has 2 N–H and O–H groups in total. The second-order valence-corrected chi connectivity index (χ2v) is 8.18. The molecule has 8 nitrogen and oxygen atoms in total. The number of nitrogens with zero attached hydrogens (tertiary/aromatic N) is 4. The molecule has 0 saturated carbocycles. The molecule has 2 aromatic heterocycles. The molecule has 4 rings (SSSR count). The molecule has 0 aromatic carbocycles. The third kappa shape index (κ3) is 4.07. The molecular formula is C21H25N5O3. The van der Waals surface area contributed by atoms with Gasteiger partial charge in [-0.2, -0.15) is 0 Å². The number of hydrogen-bond donors (Lipinski definition) is 2. The molecule has 2 amide bonds. The molecule has 1 saturated heterocycles. The first kappa shape index (κ1) is 19.3. The zero-order valence-corrected chi connectivity index (χ0v) is 16.6. The highest BCUT2D eigenvalue weighted by Gasteiger charge is 2.40. The molecule has 1 fully saturated rings. The minimum atomic E-state index is -0.913. The molecule has 0 unspecified atom stereocenters. The van der Waals surface area contributed by atoms with Gasteiger partial charge in [-0.1, -0.05) is 6.07 Å². The second-order valence-electron chi connectivity index (χ2n) is 8.18. The van der Waals surface area contributed by atoms with Crippen LogP contribution >= 0.6 is 0 Å². The zero-order chi connectivity index (χ0) is 20.6. The molecule has 152 valence electrons. The summed E-state index contributed by atoms with van der Waals surface area (Å²) in [7, 11) is 0. The molecule has 0 radical (unpaired) electrons. The molecule has 0 spiro atoms. The van der Waals surface area contributed by atoms with E-state index in [1.165, 1.54) is 0 Å². The van der Waals surface area contributed by atoms with Gasteiger partial charge in [0.2, 0.25) is 0 Å². The predicted molar refractivity (Wildman–Crippen MR) is 110 cm³/mol. The first-order valence-electron chi connectivity index (χ1n) is 9.85. The first-order chi connectivity index (χ1) is 13.8. The summed E-state index contributed by atoms with van der Waals surface area (Å²) in [6.07, 6.45) is 3.01. The van der Waals surface area contributed by atoms with Crippen molar-refractivity contribution in [2.24, 2.45) is 0 Å². The highest BCUT2D eigenvalue weighted by Crippen LogP contribution is 2.39. The number of anilines is 3. The summed E-state index contributed by atoms with van der Waals surface area (Å²) >= 11 is 0. The van der Waals surface area contributed by atoms with Gasteiger partial charge < -0.3 is 10.0 Å². The second kappa shape index (κ2) is 7.44. The fourth-order valence-electron chi connectivity index (χ4n) is 3.78. The van der Waals surface area contributed by atoms with Gasteiger partial charge in [-0.05, 0) is 51.0 Å². The summed E-state index contributed by atoms with van der Waals surface area (Å²) in [5.74, 6) is 0.825. The Hall–Kier alpha value is -3.00. The number of carbonyl (C=O) groups excluding carboxylic acids is 2. The molecule has 2 bridgehead atoms. The van der Waals surface area contributed by atoms with Crippen LogP contribution in [0.3, 0.4) is 0 Å². The van der Waals surface area contributed by atoms with Gasteiger partial charge in [-0.3, -0.25) is 15.0 Å². The molecule has 2 aliphatic heterocycles. The Labute approximate surface area is 169 Å². The van der Waals surface area contributed by atoms with Gasteiger partial charge >= 0.3 is 6.03 Å². The van der Waals surface area contributed by atoms with Crippen molar-refractivity contribution in [1.29, 1.82) is 0 Å². The van der Waals surface area contributed by atoms with E-state index in [2.05, 4.69) is 20.2 Å². The number of pyridine rings is 2. The maximum absolute atomic E-state index is 13.1. The Balaban J connectivity index is 1.62. The highest BCUT2D eigenvalue weighted by atomic mass is 16.3. The minimum absolute atomic E-state index is 0.000407. The van der Waals surface area contributed by atoms with Crippen molar-refractivity contribution in [3.8, 4) is 0 Å². The Morgan fingerprint density at radius 1 is 1.28 bits per heavy atom. The number of hydrogen-bond acceptors (Lipinski definition) is 6. The third-order valence-electron chi connectivity index (χ3n) is 5.32. The van der Waals surface area contributed by atoms with Crippen LogP contribution in [0.1, 0.15) is 43.6 Å². The number of amides is 2. The van der Waals surface area contributed by atoms with E-state index in [0.29, 0.717) is 23.8 Å². The van der Waals surface area contributed by atoms with Crippen LogP contribution in [0.15, 0.2) is 36.5 Å². The Morgan fingerprint density at radius 2 is 2.10 bits per heavy atom. The fourth-order valence-corrected chi connectivity index (χ4v) is 3.78. The normalized spacial score (nSPS) is 17.8. The van der Waals surface area contributed by atoms with Crippen molar-refractivity contribution in [2.45, 2.75) is 44.8 Å². The fraction of sp³-hybridized carbons (Fsp3) is 0.429. The number of nitrogens with one attached hydrogen (secondary N) is 1. The smallest absolute Gasteiger partial charge is 0.329 e.